The van der Waals surface area contributed by atoms with E-state index in [0.717, 1.165) is 34.9 Å². The van der Waals surface area contributed by atoms with Gasteiger partial charge in [-0.05, 0) is 60.9 Å². The molecule has 1 fully saturated rings. The Morgan fingerprint density at radius 2 is 1.96 bits per heavy atom. The third kappa shape index (κ3) is 7.02. The molecule has 4 heterocycles. The van der Waals surface area contributed by atoms with Crippen molar-refractivity contribution < 1.29 is 34.1 Å². The van der Waals surface area contributed by atoms with Crippen molar-refractivity contribution in [3.05, 3.63) is 70.0 Å². The average Bonchev–Trinajstić information content (AvgIpc) is 3.63. The van der Waals surface area contributed by atoms with Crippen LogP contribution in [0, 0.1) is 0 Å². The number of piperidine rings is 1. The quantitative estimate of drug-likeness (QED) is 0.151. The van der Waals surface area contributed by atoms with Gasteiger partial charge in [-0.25, -0.2) is 4.98 Å². The molecule has 2 amide bonds. The number of nitrogens with zero attached hydrogens (tertiary/aromatic N) is 4. The van der Waals surface area contributed by atoms with Gasteiger partial charge < -0.3 is 29.7 Å². The molecule has 13 heteroatoms. The number of amides is 2. The zero-order valence-electron chi connectivity index (χ0n) is 25.9. The Bertz CT molecular complexity index is 1890. The Hall–Kier alpha value is -4.72. The number of carbonyl (C=O) groups excluding carboxylic acids is 4. The first-order valence-electron chi connectivity index (χ1n) is 15.5. The van der Waals surface area contributed by atoms with Gasteiger partial charge in [0.1, 0.15) is 12.4 Å². The lowest BCUT2D eigenvalue weighted by Crippen LogP contribution is -2.43. The predicted octanol–water partition coefficient (Wildman–Crippen LogP) is 4.24. The Kier molecular flexibility index (Phi) is 9.57. The Balaban J connectivity index is 1.02. The lowest BCUT2D eigenvalue weighted by molar-refractivity contribution is -0.116. The number of carbonyl (C=O) groups is 4. The highest BCUT2D eigenvalue weighted by atomic mass is 32.1. The van der Waals surface area contributed by atoms with Crippen molar-refractivity contribution >= 4 is 62.5 Å². The Morgan fingerprint density at radius 1 is 1.11 bits per heavy atom. The number of fused-ring (bicyclic) bond motifs is 3. The molecule has 4 aromatic rings. The smallest absolute Gasteiger partial charge is 0.256 e. The van der Waals surface area contributed by atoms with Crippen LogP contribution in [0.1, 0.15) is 73.9 Å². The highest BCUT2D eigenvalue weighted by molar-refractivity contribution is 7.20. The molecule has 0 spiro atoms. The van der Waals surface area contributed by atoms with Gasteiger partial charge in [0, 0.05) is 55.2 Å². The lowest BCUT2D eigenvalue weighted by Gasteiger charge is -2.32. The van der Waals surface area contributed by atoms with E-state index < -0.39 is 6.61 Å². The molecule has 2 aliphatic rings. The number of aryl methyl sites for hydroxylation is 1. The van der Waals surface area contributed by atoms with E-state index in [2.05, 4.69) is 15.3 Å². The summed E-state index contributed by atoms with van der Waals surface area (Å²) in [6.07, 6.45) is 6.87. The number of ether oxygens (including phenoxy) is 1. The second kappa shape index (κ2) is 14.0. The summed E-state index contributed by atoms with van der Waals surface area (Å²) in [7, 11) is 1.68. The fraction of sp³-hybridized carbons (Fsp3) is 0.353. The molecule has 1 atom stereocenters. The number of anilines is 1. The summed E-state index contributed by atoms with van der Waals surface area (Å²) in [5, 5.41) is 22.7. The van der Waals surface area contributed by atoms with Crippen LogP contribution in [-0.4, -0.2) is 80.1 Å². The van der Waals surface area contributed by atoms with Crippen LogP contribution in [0.25, 0.3) is 10.1 Å². The van der Waals surface area contributed by atoms with Gasteiger partial charge in [0.05, 0.1) is 35.4 Å². The molecule has 0 radical (unpaired) electrons. The minimum absolute atomic E-state index is 0.0279. The molecular formula is C34H35N5O7S. The Morgan fingerprint density at radius 3 is 2.77 bits per heavy atom. The van der Waals surface area contributed by atoms with Gasteiger partial charge >= 0.3 is 0 Å². The summed E-state index contributed by atoms with van der Waals surface area (Å²) in [6, 6.07) is 10.5. The van der Waals surface area contributed by atoms with E-state index in [0.29, 0.717) is 40.4 Å². The topological polar surface area (TPSA) is 163 Å². The summed E-state index contributed by atoms with van der Waals surface area (Å²) in [4.78, 5) is 62.0. The fourth-order valence-corrected chi connectivity index (χ4v) is 6.90. The normalized spacial score (nSPS) is 15.7. The number of ketones is 2. The van der Waals surface area contributed by atoms with Gasteiger partial charge in [0.15, 0.2) is 17.4 Å². The number of hydrogen-bond acceptors (Lipinski definition) is 10. The lowest BCUT2D eigenvalue weighted by atomic mass is 10.0. The van der Waals surface area contributed by atoms with Crippen molar-refractivity contribution in [3.8, 4) is 5.75 Å². The van der Waals surface area contributed by atoms with Gasteiger partial charge in [-0.15, -0.1) is 11.3 Å². The Labute approximate surface area is 274 Å². The maximum Gasteiger partial charge on any atom is 0.256 e. The van der Waals surface area contributed by atoms with Crippen LogP contribution < -0.4 is 10.1 Å². The predicted molar refractivity (Wildman–Crippen MR) is 177 cm³/mol. The van der Waals surface area contributed by atoms with Crippen molar-refractivity contribution in [2.45, 2.75) is 51.2 Å². The van der Waals surface area contributed by atoms with Crippen molar-refractivity contribution in [3.63, 3.8) is 0 Å². The van der Waals surface area contributed by atoms with E-state index in [9.17, 15) is 24.3 Å². The molecule has 0 aliphatic carbocycles. The molecule has 0 saturated carbocycles. The number of thiophene rings is 1. The number of aromatic nitrogens is 2. The van der Waals surface area contributed by atoms with Crippen molar-refractivity contribution in [2.24, 2.45) is 12.0 Å². The van der Waals surface area contributed by atoms with E-state index in [1.165, 1.54) is 11.3 Å². The standard InChI is InChI=1S/C34H35N5O7S/c1-38-17-31(37-33(38)26(42)12-20-7-8-29-21(11-20)14-30(47-29)27(43)19-41)36-32(44)6-4-10-46-28-15-25-24(13-22(28)18-40)34(45)39-9-3-2-5-23(39)16-35-25/h7-8,11,13-17,23,40-41H,2-6,9-10,12,18-19H2,1H3,(H,36,44)/t23-/m0/s1. The third-order valence-electron chi connectivity index (χ3n) is 8.34. The molecule has 1 saturated heterocycles. The number of aliphatic hydroxyl groups excluding tert-OH is 2. The molecule has 2 aliphatic heterocycles. The molecular weight excluding hydrogens is 622 g/mol. The minimum atomic E-state index is -0.552. The first-order valence-corrected chi connectivity index (χ1v) is 16.3. The molecule has 47 heavy (non-hydrogen) atoms. The zero-order valence-corrected chi connectivity index (χ0v) is 26.7. The summed E-state index contributed by atoms with van der Waals surface area (Å²) in [6.45, 7) is 0.0240. The summed E-state index contributed by atoms with van der Waals surface area (Å²) in [5.74, 6) is -0.0865. The highest BCUT2D eigenvalue weighted by Crippen LogP contribution is 2.34. The first kappa shape index (κ1) is 32.2. The number of aliphatic hydroxyl groups is 2. The molecule has 2 aromatic carbocycles. The molecule has 3 N–H and O–H groups in total. The molecule has 12 nitrogen and oxygen atoms in total. The molecule has 6 rings (SSSR count). The first-order chi connectivity index (χ1) is 22.7. The van der Waals surface area contributed by atoms with Crippen LogP contribution in [0.3, 0.4) is 0 Å². The number of imidazole rings is 1. The van der Waals surface area contributed by atoms with Gasteiger partial charge in [-0.2, -0.15) is 0 Å². The van der Waals surface area contributed by atoms with Crippen LogP contribution >= 0.6 is 11.3 Å². The minimum Gasteiger partial charge on any atom is -0.493 e. The van der Waals surface area contributed by atoms with Crippen molar-refractivity contribution in [2.75, 3.05) is 25.1 Å². The van der Waals surface area contributed by atoms with Crippen LogP contribution in [0.5, 0.6) is 5.75 Å². The maximum absolute atomic E-state index is 13.2. The van der Waals surface area contributed by atoms with E-state index in [4.69, 9.17) is 9.84 Å². The number of rotatable bonds is 12. The summed E-state index contributed by atoms with van der Waals surface area (Å²) in [5.41, 5.74) is 2.19. The van der Waals surface area contributed by atoms with E-state index in [1.807, 2.05) is 29.3 Å². The number of Topliss-reactive ketones (excluding diaryl/α,β-unsaturated/α-hetero) is 2. The van der Waals surface area contributed by atoms with E-state index >= 15 is 0 Å². The second-order valence-corrected chi connectivity index (χ2v) is 12.8. The number of benzene rings is 2. The van der Waals surface area contributed by atoms with Gasteiger partial charge in [-0.1, -0.05) is 6.07 Å². The second-order valence-electron chi connectivity index (χ2n) is 11.7. The van der Waals surface area contributed by atoms with Crippen LogP contribution in [0.4, 0.5) is 11.5 Å². The SMILES string of the molecule is Cn1cc(NC(=O)CCCOc2cc3c(cc2CO)C(=O)N2CCCC[C@H]2C=N3)nc1C(=O)Cc1ccc2sc(C(=O)CO)cc2c1. The van der Waals surface area contributed by atoms with E-state index in [-0.39, 0.29) is 67.1 Å². The summed E-state index contributed by atoms with van der Waals surface area (Å²) >= 11 is 1.29. The number of aliphatic imine (C=N–C) groups is 1. The molecule has 0 unspecified atom stereocenters. The van der Waals surface area contributed by atoms with Gasteiger partial charge in [-0.3, -0.25) is 24.2 Å². The summed E-state index contributed by atoms with van der Waals surface area (Å²) < 4.78 is 8.37. The highest BCUT2D eigenvalue weighted by Gasteiger charge is 2.31. The van der Waals surface area contributed by atoms with Crippen LogP contribution in [0.15, 0.2) is 47.6 Å². The maximum atomic E-state index is 13.2. The van der Waals surface area contributed by atoms with E-state index in [1.54, 1.807) is 36.0 Å². The van der Waals surface area contributed by atoms with Gasteiger partial charge in [0.25, 0.3) is 5.91 Å². The zero-order chi connectivity index (χ0) is 33.1. The number of hydrogen-bond donors (Lipinski definition) is 3. The molecule has 2 aromatic heterocycles. The van der Waals surface area contributed by atoms with Gasteiger partial charge in [0.2, 0.25) is 11.7 Å². The largest absolute Gasteiger partial charge is 0.493 e. The van der Waals surface area contributed by atoms with Crippen molar-refractivity contribution in [1.29, 1.82) is 0 Å². The average molecular weight is 658 g/mol. The van der Waals surface area contributed by atoms with Crippen molar-refractivity contribution in [1.82, 2.24) is 14.5 Å². The van der Waals surface area contributed by atoms with Crippen LogP contribution in [-0.2, 0) is 24.9 Å². The molecule has 244 valence electrons. The van der Waals surface area contributed by atoms with Crippen LogP contribution in [0.2, 0.25) is 0 Å². The monoisotopic (exact) mass is 657 g/mol. The number of nitrogens with one attached hydrogen (secondary N) is 1. The molecule has 0 bridgehead atoms. The third-order valence-corrected chi connectivity index (χ3v) is 9.50. The fourth-order valence-electron chi connectivity index (χ4n) is 5.92.